The Labute approximate surface area is 115 Å². The van der Waals surface area contributed by atoms with Crippen LogP contribution in [0.4, 0.5) is 0 Å². The number of allylic oxidation sites excluding steroid dienone is 1. The number of rotatable bonds is 9. The highest BCUT2D eigenvalue weighted by Crippen LogP contribution is 2.44. The van der Waals surface area contributed by atoms with Gasteiger partial charge in [0.25, 0.3) is 0 Å². The Morgan fingerprint density at radius 1 is 1.00 bits per heavy atom. The van der Waals surface area contributed by atoms with Crippen molar-refractivity contribution in [3.05, 3.63) is 12.7 Å². The summed E-state index contributed by atoms with van der Waals surface area (Å²) in [6.07, 6.45) is 19.3. The fourth-order valence-electron chi connectivity index (χ4n) is 3.63. The Morgan fingerprint density at radius 3 is 2.22 bits per heavy atom. The lowest BCUT2D eigenvalue weighted by atomic mass is 9.66. The van der Waals surface area contributed by atoms with Crippen LogP contribution in [0.2, 0.25) is 0 Å². The largest absolute Gasteiger partial charge is 0.103 e. The number of unbranched alkanes of at least 4 members (excludes halogenated alkanes) is 5. The van der Waals surface area contributed by atoms with Crippen LogP contribution in [0.5, 0.6) is 0 Å². The molecule has 0 aliphatic heterocycles. The first-order chi connectivity index (χ1) is 8.73. The Hall–Kier alpha value is -0.260. The Kier molecular flexibility index (Phi) is 7.70. The third kappa shape index (κ3) is 5.16. The minimum Gasteiger partial charge on any atom is -0.103 e. The quantitative estimate of drug-likeness (QED) is 0.323. The van der Waals surface area contributed by atoms with Crippen molar-refractivity contribution in [3.8, 4) is 0 Å². The number of hydrogen-bond donors (Lipinski definition) is 0. The molecule has 18 heavy (non-hydrogen) atoms. The molecule has 0 aromatic carbocycles. The molecule has 0 nitrogen and oxygen atoms in total. The van der Waals surface area contributed by atoms with E-state index >= 15 is 0 Å². The smallest absolute Gasteiger partial charge is 0.0182 e. The van der Waals surface area contributed by atoms with Crippen molar-refractivity contribution >= 4 is 0 Å². The minimum atomic E-state index is 0.573. The van der Waals surface area contributed by atoms with Gasteiger partial charge < -0.3 is 0 Å². The van der Waals surface area contributed by atoms with Gasteiger partial charge in [-0.05, 0) is 30.6 Å². The average Bonchev–Trinajstić information content (AvgIpc) is 2.38. The summed E-state index contributed by atoms with van der Waals surface area (Å²) in [5.41, 5.74) is 0.573. The maximum atomic E-state index is 4.11. The third-order valence-electron chi connectivity index (χ3n) is 5.04. The van der Waals surface area contributed by atoms with Crippen LogP contribution in [-0.4, -0.2) is 0 Å². The molecule has 0 aromatic heterocycles. The summed E-state index contributed by atoms with van der Waals surface area (Å²) in [7, 11) is 0. The SMILES string of the molecule is C=CC(CCCCCCCC)C1(C)CCCCC1. The molecule has 0 amide bonds. The Balaban J connectivity index is 2.22. The molecule has 0 aromatic rings. The first-order valence-corrected chi connectivity index (χ1v) is 8.35. The molecule has 1 aliphatic rings. The van der Waals surface area contributed by atoms with Gasteiger partial charge in [0.2, 0.25) is 0 Å². The lowest BCUT2D eigenvalue weighted by Gasteiger charge is -2.39. The van der Waals surface area contributed by atoms with E-state index in [-0.39, 0.29) is 0 Å². The summed E-state index contributed by atoms with van der Waals surface area (Å²) in [5.74, 6) is 0.768. The molecule has 0 bridgehead atoms. The van der Waals surface area contributed by atoms with Gasteiger partial charge in [0.15, 0.2) is 0 Å². The van der Waals surface area contributed by atoms with E-state index in [0.29, 0.717) is 5.41 Å². The molecule has 0 heteroatoms. The molecular weight excluding hydrogens is 216 g/mol. The Morgan fingerprint density at radius 2 is 1.61 bits per heavy atom. The molecule has 0 heterocycles. The lowest BCUT2D eigenvalue weighted by Crippen LogP contribution is -2.28. The first-order valence-electron chi connectivity index (χ1n) is 8.35. The minimum absolute atomic E-state index is 0.573. The van der Waals surface area contributed by atoms with Crippen molar-refractivity contribution < 1.29 is 0 Å². The van der Waals surface area contributed by atoms with Crippen molar-refractivity contribution in [3.63, 3.8) is 0 Å². The standard InChI is InChI=1S/C18H34/c1-4-6-7-8-9-11-14-17(5-2)18(3)15-12-10-13-16-18/h5,17H,2,4,6-16H2,1,3H3. The second-order valence-corrected chi connectivity index (χ2v) is 6.61. The lowest BCUT2D eigenvalue weighted by molar-refractivity contribution is 0.140. The zero-order valence-corrected chi connectivity index (χ0v) is 12.8. The normalized spacial score (nSPS) is 20.6. The van der Waals surface area contributed by atoms with Crippen LogP contribution in [-0.2, 0) is 0 Å². The molecule has 1 aliphatic carbocycles. The van der Waals surface area contributed by atoms with E-state index in [1.54, 1.807) is 0 Å². The molecule has 1 unspecified atom stereocenters. The average molecular weight is 250 g/mol. The molecule has 1 saturated carbocycles. The van der Waals surface area contributed by atoms with Crippen LogP contribution in [0.25, 0.3) is 0 Å². The highest BCUT2D eigenvalue weighted by atomic mass is 14.4. The van der Waals surface area contributed by atoms with E-state index < -0.39 is 0 Å². The summed E-state index contributed by atoms with van der Waals surface area (Å²) in [4.78, 5) is 0. The highest BCUT2D eigenvalue weighted by Gasteiger charge is 2.32. The molecule has 0 N–H and O–H groups in total. The number of hydrogen-bond acceptors (Lipinski definition) is 0. The van der Waals surface area contributed by atoms with Crippen molar-refractivity contribution in [2.45, 2.75) is 90.9 Å². The summed E-state index contributed by atoms with van der Waals surface area (Å²) >= 11 is 0. The van der Waals surface area contributed by atoms with Crippen molar-refractivity contribution in [2.75, 3.05) is 0 Å². The molecule has 0 radical (unpaired) electrons. The van der Waals surface area contributed by atoms with E-state index in [4.69, 9.17) is 0 Å². The van der Waals surface area contributed by atoms with Crippen LogP contribution < -0.4 is 0 Å². The molecule has 106 valence electrons. The maximum absolute atomic E-state index is 4.11. The van der Waals surface area contributed by atoms with E-state index in [1.165, 1.54) is 77.0 Å². The van der Waals surface area contributed by atoms with Gasteiger partial charge in [-0.1, -0.05) is 77.7 Å². The van der Waals surface area contributed by atoms with Gasteiger partial charge in [-0.2, -0.15) is 0 Å². The zero-order chi connectivity index (χ0) is 13.3. The third-order valence-corrected chi connectivity index (χ3v) is 5.04. The van der Waals surface area contributed by atoms with Gasteiger partial charge in [0, 0.05) is 0 Å². The fourth-order valence-corrected chi connectivity index (χ4v) is 3.63. The van der Waals surface area contributed by atoms with Gasteiger partial charge in [-0.3, -0.25) is 0 Å². The van der Waals surface area contributed by atoms with Crippen LogP contribution in [0.1, 0.15) is 90.9 Å². The second kappa shape index (κ2) is 8.77. The van der Waals surface area contributed by atoms with Gasteiger partial charge >= 0.3 is 0 Å². The van der Waals surface area contributed by atoms with E-state index in [0.717, 1.165) is 5.92 Å². The van der Waals surface area contributed by atoms with E-state index in [2.05, 4.69) is 26.5 Å². The summed E-state index contributed by atoms with van der Waals surface area (Å²) in [6, 6.07) is 0. The van der Waals surface area contributed by atoms with Crippen LogP contribution in [0.15, 0.2) is 12.7 Å². The van der Waals surface area contributed by atoms with Crippen LogP contribution in [0, 0.1) is 11.3 Å². The molecule has 1 rings (SSSR count). The van der Waals surface area contributed by atoms with E-state index in [9.17, 15) is 0 Å². The second-order valence-electron chi connectivity index (χ2n) is 6.61. The Bertz CT molecular complexity index is 210. The van der Waals surface area contributed by atoms with Crippen LogP contribution in [0.3, 0.4) is 0 Å². The predicted molar refractivity (Wildman–Crippen MR) is 82.9 cm³/mol. The van der Waals surface area contributed by atoms with Gasteiger partial charge in [-0.25, -0.2) is 0 Å². The summed E-state index contributed by atoms with van der Waals surface area (Å²) in [6.45, 7) is 8.91. The monoisotopic (exact) mass is 250 g/mol. The topological polar surface area (TPSA) is 0 Å². The summed E-state index contributed by atoms with van der Waals surface area (Å²) < 4.78 is 0. The predicted octanol–water partition coefficient (Wildman–Crippen LogP) is 6.51. The zero-order valence-electron chi connectivity index (χ0n) is 12.8. The van der Waals surface area contributed by atoms with Gasteiger partial charge in [0.05, 0.1) is 0 Å². The van der Waals surface area contributed by atoms with Gasteiger partial charge in [-0.15, -0.1) is 6.58 Å². The summed E-state index contributed by atoms with van der Waals surface area (Å²) in [5, 5.41) is 0. The van der Waals surface area contributed by atoms with E-state index in [1.807, 2.05) is 0 Å². The molecular formula is C18H34. The molecule has 0 saturated heterocycles. The molecule has 1 fully saturated rings. The highest BCUT2D eigenvalue weighted by molar-refractivity contribution is 4.94. The first kappa shape index (κ1) is 15.8. The van der Waals surface area contributed by atoms with Crippen molar-refractivity contribution in [1.82, 2.24) is 0 Å². The fraction of sp³-hybridized carbons (Fsp3) is 0.889. The maximum Gasteiger partial charge on any atom is -0.0182 e. The van der Waals surface area contributed by atoms with Gasteiger partial charge in [0.1, 0.15) is 0 Å². The molecule has 1 atom stereocenters. The van der Waals surface area contributed by atoms with Crippen molar-refractivity contribution in [2.24, 2.45) is 11.3 Å². The molecule has 0 spiro atoms. The van der Waals surface area contributed by atoms with Crippen molar-refractivity contribution in [1.29, 1.82) is 0 Å². The van der Waals surface area contributed by atoms with Crippen LogP contribution >= 0.6 is 0 Å².